The Kier molecular flexibility index (Phi) is 3.99. The Morgan fingerprint density at radius 3 is 2.77 bits per heavy atom. The maximum absolute atomic E-state index is 12.8. The maximum Gasteiger partial charge on any atom is 0.254 e. The third-order valence-corrected chi connectivity index (χ3v) is 5.74. The first-order valence-corrected chi connectivity index (χ1v) is 9.23. The minimum atomic E-state index is -3.02. The zero-order chi connectivity index (χ0) is 15.7. The lowest BCUT2D eigenvalue weighted by Crippen LogP contribution is -2.41. The van der Waals surface area contributed by atoms with E-state index in [1.165, 1.54) is 0 Å². The number of hydrogen-bond donors (Lipinski definition) is 0. The van der Waals surface area contributed by atoms with E-state index in [1.54, 1.807) is 23.1 Å². The number of carbonyl (C=O) groups is 1. The largest absolute Gasteiger partial charge is 0.454 e. The van der Waals surface area contributed by atoms with Crippen LogP contribution in [0.4, 0.5) is 0 Å². The number of sulfone groups is 1. The summed E-state index contributed by atoms with van der Waals surface area (Å²) >= 11 is 0. The Hall–Kier alpha value is -1.76. The van der Waals surface area contributed by atoms with Crippen molar-refractivity contribution in [1.82, 2.24) is 4.90 Å². The van der Waals surface area contributed by atoms with E-state index < -0.39 is 9.84 Å². The van der Waals surface area contributed by atoms with Crippen molar-refractivity contribution in [2.24, 2.45) is 0 Å². The van der Waals surface area contributed by atoms with E-state index in [2.05, 4.69) is 0 Å². The molecule has 0 saturated carbocycles. The lowest BCUT2D eigenvalue weighted by atomic mass is 10.1. The first-order chi connectivity index (χ1) is 10.5. The molecule has 1 saturated heterocycles. The van der Waals surface area contributed by atoms with Crippen LogP contribution in [-0.2, 0) is 9.84 Å². The fourth-order valence-corrected chi connectivity index (χ4v) is 4.64. The number of fused-ring (bicyclic) bond motifs is 1. The van der Waals surface area contributed by atoms with Gasteiger partial charge in [-0.1, -0.05) is 6.92 Å². The smallest absolute Gasteiger partial charge is 0.254 e. The normalized spacial score (nSPS) is 21.8. The van der Waals surface area contributed by atoms with Crippen molar-refractivity contribution < 1.29 is 22.7 Å². The van der Waals surface area contributed by atoms with Gasteiger partial charge >= 0.3 is 0 Å². The second-order valence-electron chi connectivity index (χ2n) is 5.62. The summed E-state index contributed by atoms with van der Waals surface area (Å²) in [5.74, 6) is 1.25. The van der Waals surface area contributed by atoms with Gasteiger partial charge in [-0.25, -0.2) is 8.42 Å². The summed E-state index contributed by atoms with van der Waals surface area (Å²) in [4.78, 5) is 14.5. The highest BCUT2D eigenvalue weighted by Gasteiger charge is 2.34. The van der Waals surface area contributed by atoms with Crippen LogP contribution < -0.4 is 9.47 Å². The van der Waals surface area contributed by atoms with Gasteiger partial charge in [-0.3, -0.25) is 4.79 Å². The Balaban J connectivity index is 1.83. The van der Waals surface area contributed by atoms with Crippen LogP contribution in [0.15, 0.2) is 18.2 Å². The van der Waals surface area contributed by atoms with Crippen molar-refractivity contribution in [3.63, 3.8) is 0 Å². The number of rotatable bonds is 4. The van der Waals surface area contributed by atoms with Gasteiger partial charge in [0.25, 0.3) is 5.91 Å². The molecule has 3 rings (SSSR count). The van der Waals surface area contributed by atoms with Crippen LogP contribution in [0.2, 0.25) is 0 Å². The quantitative estimate of drug-likeness (QED) is 0.838. The highest BCUT2D eigenvalue weighted by molar-refractivity contribution is 7.91. The van der Waals surface area contributed by atoms with Gasteiger partial charge in [-0.15, -0.1) is 0 Å². The molecule has 0 spiro atoms. The molecule has 1 aromatic carbocycles. The van der Waals surface area contributed by atoms with E-state index >= 15 is 0 Å². The molecule has 2 aliphatic heterocycles. The van der Waals surface area contributed by atoms with Crippen molar-refractivity contribution in [2.75, 3.05) is 24.8 Å². The van der Waals surface area contributed by atoms with Crippen LogP contribution in [0.3, 0.4) is 0 Å². The van der Waals surface area contributed by atoms with Crippen LogP contribution in [0.5, 0.6) is 11.5 Å². The van der Waals surface area contributed by atoms with E-state index in [0.29, 0.717) is 30.0 Å². The molecule has 1 amide bonds. The molecule has 1 unspecified atom stereocenters. The van der Waals surface area contributed by atoms with Crippen LogP contribution in [0.1, 0.15) is 30.1 Å². The molecule has 0 radical (unpaired) electrons. The van der Waals surface area contributed by atoms with Gasteiger partial charge in [0.1, 0.15) is 0 Å². The minimum absolute atomic E-state index is 0.0588. The Labute approximate surface area is 129 Å². The average molecular weight is 325 g/mol. The standard InChI is InChI=1S/C15H19NO5S/c1-2-6-16(12-5-7-22(18,19)9-12)15(17)11-3-4-13-14(8-11)21-10-20-13/h3-4,8,12H,2,5-7,9-10H2,1H3. The Morgan fingerprint density at radius 2 is 2.09 bits per heavy atom. The molecule has 1 aromatic rings. The van der Waals surface area contributed by atoms with Crippen LogP contribution in [0, 0.1) is 0 Å². The van der Waals surface area contributed by atoms with E-state index in [1.807, 2.05) is 6.92 Å². The zero-order valence-corrected chi connectivity index (χ0v) is 13.3. The van der Waals surface area contributed by atoms with Gasteiger partial charge < -0.3 is 14.4 Å². The van der Waals surface area contributed by atoms with Crippen LogP contribution in [0.25, 0.3) is 0 Å². The third kappa shape index (κ3) is 2.90. The molecule has 7 heteroatoms. The van der Waals surface area contributed by atoms with Gasteiger partial charge in [-0.2, -0.15) is 0 Å². The highest BCUT2D eigenvalue weighted by atomic mass is 32.2. The molecule has 0 bridgehead atoms. The molecule has 0 N–H and O–H groups in total. The van der Waals surface area contributed by atoms with Gasteiger partial charge in [0.15, 0.2) is 21.3 Å². The predicted molar refractivity (Wildman–Crippen MR) is 81.0 cm³/mol. The molecule has 22 heavy (non-hydrogen) atoms. The van der Waals surface area contributed by atoms with Gasteiger partial charge in [-0.05, 0) is 31.0 Å². The molecule has 0 aliphatic carbocycles. The van der Waals surface area contributed by atoms with Crippen molar-refractivity contribution in [3.8, 4) is 11.5 Å². The topological polar surface area (TPSA) is 72.9 Å². The lowest BCUT2D eigenvalue weighted by molar-refractivity contribution is 0.0696. The summed E-state index contributed by atoms with van der Waals surface area (Å²) in [6, 6.07) is 4.84. The molecule has 1 fully saturated rings. The van der Waals surface area contributed by atoms with E-state index in [9.17, 15) is 13.2 Å². The molecular weight excluding hydrogens is 306 g/mol. The second kappa shape index (κ2) is 5.79. The minimum Gasteiger partial charge on any atom is -0.454 e. The first kappa shape index (κ1) is 15.1. The fourth-order valence-electron chi connectivity index (χ4n) is 2.91. The zero-order valence-electron chi connectivity index (χ0n) is 12.4. The molecule has 2 heterocycles. The fraction of sp³-hybridized carbons (Fsp3) is 0.533. The van der Waals surface area contributed by atoms with E-state index in [4.69, 9.17) is 9.47 Å². The Bertz CT molecular complexity index is 685. The number of ether oxygens (including phenoxy) is 2. The van der Waals surface area contributed by atoms with Crippen molar-refractivity contribution >= 4 is 15.7 Å². The molecule has 6 nitrogen and oxygen atoms in total. The highest BCUT2D eigenvalue weighted by Crippen LogP contribution is 2.33. The first-order valence-electron chi connectivity index (χ1n) is 7.41. The molecule has 2 aliphatic rings. The summed E-state index contributed by atoms with van der Waals surface area (Å²) < 4.78 is 33.9. The Morgan fingerprint density at radius 1 is 1.32 bits per heavy atom. The van der Waals surface area contributed by atoms with Gasteiger partial charge in [0.2, 0.25) is 6.79 Å². The van der Waals surface area contributed by atoms with Crippen molar-refractivity contribution in [2.45, 2.75) is 25.8 Å². The van der Waals surface area contributed by atoms with Crippen LogP contribution in [-0.4, -0.2) is 50.1 Å². The summed E-state index contributed by atoms with van der Waals surface area (Å²) in [7, 11) is -3.02. The monoisotopic (exact) mass is 325 g/mol. The molecule has 0 aromatic heterocycles. The molecule has 120 valence electrons. The van der Waals surface area contributed by atoms with Crippen LogP contribution >= 0.6 is 0 Å². The average Bonchev–Trinajstić information content (AvgIpc) is 3.09. The number of nitrogens with zero attached hydrogens (tertiary/aromatic N) is 1. The molecular formula is C15H19NO5S. The van der Waals surface area contributed by atoms with Crippen molar-refractivity contribution in [3.05, 3.63) is 23.8 Å². The predicted octanol–water partition coefficient (Wildman–Crippen LogP) is 1.45. The number of carbonyl (C=O) groups excluding carboxylic acids is 1. The SMILES string of the molecule is CCCN(C(=O)c1ccc2c(c1)OCO2)C1CCS(=O)(=O)C1. The second-order valence-corrected chi connectivity index (χ2v) is 7.85. The summed E-state index contributed by atoms with van der Waals surface area (Å²) in [5, 5.41) is 0. The third-order valence-electron chi connectivity index (χ3n) is 3.99. The van der Waals surface area contributed by atoms with Crippen molar-refractivity contribution in [1.29, 1.82) is 0 Å². The number of benzene rings is 1. The van der Waals surface area contributed by atoms with E-state index in [0.717, 1.165) is 6.42 Å². The molecule has 1 atom stereocenters. The van der Waals surface area contributed by atoms with Gasteiger partial charge in [0.05, 0.1) is 11.5 Å². The van der Waals surface area contributed by atoms with Gasteiger partial charge in [0, 0.05) is 18.2 Å². The number of hydrogen-bond acceptors (Lipinski definition) is 5. The summed E-state index contributed by atoms with van der Waals surface area (Å²) in [6.07, 6.45) is 1.30. The number of amides is 1. The maximum atomic E-state index is 12.8. The lowest BCUT2D eigenvalue weighted by Gasteiger charge is -2.28. The van der Waals surface area contributed by atoms with E-state index in [-0.39, 0.29) is 30.2 Å². The summed E-state index contributed by atoms with van der Waals surface area (Å²) in [6.45, 7) is 2.68. The summed E-state index contributed by atoms with van der Waals surface area (Å²) in [5.41, 5.74) is 0.502.